The maximum absolute atomic E-state index is 12.6. The Kier molecular flexibility index (Phi) is 17.3. The number of benzene rings is 1. The monoisotopic (exact) mass is 473 g/mol. The summed E-state index contributed by atoms with van der Waals surface area (Å²) in [6.07, 6.45) is 18.8. The molecule has 4 heteroatoms. The maximum atomic E-state index is 12.6. The molecule has 1 amide bonds. The molecule has 34 heavy (non-hydrogen) atoms. The fourth-order valence-corrected chi connectivity index (χ4v) is 4.20. The molecule has 0 saturated heterocycles. The summed E-state index contributed by atoms with van der Waals surface area (Å²) in [7, 11) is 0. The van der Waals surface area contributed by atoms with Crippen LogP contribution in [-0.2, 0) is 9.53 Å². The molecule has 194 valence electrons. The van der Waals surface area contributed by atoms with E-state index < -0.39 is 6.04 Å². The molecule has 1 aromatic carbocycles. The molecule has 1 aromatic rings. The summed E-state index contributed by atoms with van der Waals surface area (Å²) >= 11 is 0. The number of amides is 1. The van der Waals surface area contributed by atoms with Crippen molar-refractivity contribution in [2.45, 2.75) is 130 Å². The van der Waals surface area contributed by atoms with Crippen LogP contribution in [0.3, 0.4) is 0 Å². The van der Waals surface area contributed by atoms with Gasteiger partial charge >= 0.3 is 5.97 Å². The van der Waals surface area contributed by atoms with Gasteiger partial charge in [0.15, 0.2) is 0 Å². The SMILES string of the molecule is CCCCCCCCCCCCCCCCOC(=O)C(CC(C)C)NC(=O)c1ccc(C)cc1. The molecule has 0 aliphatic rings. The molecule has 0 bridgehead atoms. The summed E-state index contributed by atoms with van der Waals surface area (Å²) in [5.74, 6) is -0.250. The first kappa shape index (κ1) is 30.2. The Balaban J connectivity index is 2.12. The second-order valence-corrected chi connectivity index (χ2v) is 10.3. The number of aryl methyl sites for hydroxylation is 1. The van der Waals surface area contributed by atoms with Gasteiger partial charge in [0.05, 0.1) is 6.61 Å². The number of esters is 1. The summed E-state index contributed by atoms with van der Waals surface area (Å²) in [6.45, 7) is 8.78. The minimum absolute atomic E-state index is 0.223. The molecule has 4 nitrogen and oxygen atoms in total. The van der Waals surface area contributed by atoms with Crippen LogP contribution < -0.4 is 5.32 Å². The van der Waals surface area contributed by atoms with Crippen molar-refractivity contribution in [3.63, 3.8) is 0 Å². The van der Waals surface area contributed by atoms with Crippen molar-refractivity contribution >= 4 is 11.9 Å². The van der Waals surface area contributed by atoms with E-state index in [1.54, 1.807) is 12.1 Å². The highest BCUT2D eigenvalue weighted by Gasteiger charge is 2.23. The molecule has 0 radical (unpaired) electrons. The third-order valence-electron chi connectivity index (χ3n) is 6.35. The molecule has 1 N–H and O–H groups in total. The van der Waals surface area contributed by atoms with Crippen molar-refractivity contribution in [3.8, 4) is 0 Å². The molecule has 1 atom stereocenters. The molecule has 1 unspecified atom stereocenters. The van der Waals surface area contributed by atoms with Crippen LogP contribution in [0.15, 0.2) is 24.3 Å². The molecule has 0 aromatic heterocycles. The second kappa shape index (κ2) is 19.5. The van der Waals surface area contributed by atoms with Crippen molar-refractivity contribution in [2.24, 2.45) is 5.92 Å². The van der Waals surface area contributed by atoms with Gasteiger partial charge in [0.1, 0.15) is 6.04 Å². The van der Waals surface area contributed by atoms with Gasteiger partial charge in [0.25, 0.3) is 5.91 Å². The van der Waals surface area contributed by atoms with Gasteiger partial charge in [0.2, 0.25) is 0 Å². The Morgan fingerprint density at radius 3 is 1.71 bits per heavy atom. The van der Waals surface area contributed by atoms with E-state index in [2.05, 4.69) is 12.2 Å². The Morgan fingerprint density at radius 2 is 1.24 bits per heavy atom. The smallest absolute Gasteiger partial charge is 0.328 e. The number of nitrogens with one attached hydrogen (secondary N) is 1. The van der Waals surface area contributed by atoms with Crippen molar-refractivity contribution in [3.05, 3.63) is 35.4 Å². The zero-order valence-electron chi connectivity index (χ0n) is 22.5. The first-order chi connectivity index (χ1) is 16.4. The maximum Gasteiger partial charge on any atom is 0.328 e. The van der Waals surface area contributed by atoms with E-state index in [0.717, 1.165) is 18.4 Å². The van der Waals surface area contributed by atoms with Crippen LogP contribution in [0, 0.1) is 12.8 Å². The zero-order chi connectivity index (χ0) is 25.0. The Labute approximate surface area is 209 Å². The van der Waals surface area contributed by atoms with Gasteiger partial charge in [-0.1, -0.05) is 122 Å². The molecule has 1 rings (SSSR count). The van der Waals surface area contributed by atoms with Gasteiger partial charge in [-0.05, 0) is 37.8 Å². The lowest BCUT2D eigenvalue weighted by Crippen LogP contribution is -2.42. The van der Waals surface area contributed by atoms with Crippen LogP contribution in [-0.4, -0.2) is 24.5 Å². The van der Waals surface area contributed by atoms with Gasteiger partial charge in [-0.15, -0.1) is 0 Å². The number of rotatable bonds is 20. The topological polar surface area (TPSA) is 55.4 Å². The predicted molar refractivity (Wildman–Crippen MR) is 143 cm³/mol. The van der Waals surface area contributed by atoms with Crippen LogP contribution in [0.25, 0.3) is 0 Å². The van der Waals surface area contributed by atoms with Gasteiger partial charge < -0.3 is 10.1 Å². The third kappa shape index (κ3) is 15.1. The predicted octanol–water partition coefficient (Wildman–Crippen LogP) is 8.16. The van der Waals surface area contributed by atoms with Gasteiger partial charge in [0, 0.05) is 5.56 Å². The van der Waals surface area contributed by atoms with E-state index in [-0.39, 0.29) is 17.8 Å². The van der Waals surface area contributed by atoms with E-state index in [1.165, 1.54) is 77.0 Å². The number of ether oxygens (including phenoxy) is 1. The molecule has 0 spiro atoms. The van der Waals surface area contributed by atoms with Crippen LogP contribution in [0.2, 0.25) is 0 Å². The highest BCUT2D eigenvalue weighted by atomic mass is 16.5. The van der Waals surface area contributed by atoms with Crippen LogP contribution >= 0.6 is 0 Å². The summed E-state index contributed by atoms with van der Waals surface area (Å²) in [6, 6.07) is 6.79. The summed E-state index contributed by atoms with van der Waals surface area (Å²) in [5.41, 5.74) is 1.67. The van der Waals surface area contributed by atoms with Crippen molar-refractivity contribution in [1.29, 1.82) is 0 Å². The Hall–Kier alpha value is -1.84. The largest absolute Gasteiger partial charge is 0.464 e. The molecule has 0 heterocycles. The van der Waals surface area contributed by atoms with E-state index in [4.69, 9.17) is 4.74 Å². The lowest BCUT2D eigenvalue weighted by Gasteiger charge is -2.19. The highest BCUT2D eigenvalue weighted by Crippen LogP contribution is 2.14. The molecule has 0 aliphatic heterocycles. The van der Waals surface area contributed by atoms with Gasteiger partial charge in [-0.25, -0.2) is 4.79 Å². The van der Waals surface area contributed by atoms with Crippen molar-refractivity contribution in [2.75, 3.05) is 6.61 Å². The fraction of sp³-hybridized carbons (Fsp3) is 0.733. The standard InChI is InChI=1S/C30H51NO3/c1-5-6-7-8-9-10-11-12-13-14-15-16-17-18-23-34-30(33)28(24-25(2)3)31-29(32)27-21-19-26(4)20-22-27/h19-22,25,28H,5-18,23-24H2,1-4H3,(H,31,32). The number of carbonyl (C=O) groups is 2. The molecule has 0 saturated carbocycles. The van der Waals surface area contributed by atoms with Crippen LogP contribution in [0.1, 0.15) is 133 Å². The first-order valence-electron chi connectivity index (χ1n) is 14.0. The van der Waals surface area contributed by atoms with Crippen LogP contribution in [0.5, 0.6) is 0 Å². The number of hydrogen-bond acceptors (Lipinski definition) is 3. The molecular weight excluding hydrogens is 422 g/mol. The Bertz CT molecular complexity index is 654. The lowest BCUT2D eigenvalue weighted by molar-refractivity contribution is -0.146. The second-order valence-electron chi connectivity index (χ2n) is 10.3. The third-order valence-corrected chi connectivity index (χ3v) is 6.35. The van der Waals surface area contributed by atoms with Gasteiger partial charge in [-0.3, -0.25) is 4.79 Å². The minimum atomic E-state index is -0.597. The highest BCUT2D eigenvalue weighted by molar-refractivity contribution is 5.96. The van der Waals surface area contributed by atoms with E-state index >= 15 is 0 Å². The first-order valence-corrected chi connectivity index (χ1v) is 14.0. The lowest BCUT2D eigenvalue weighted by atomic mass is 10.0. The summed E-state index contributed by atoms with van der Waals surface area (Å²) in [4.78, 5) is 25.1. The normalized spacial score (nSPS) is 12.0. The van der Waals surface area contributed by atoms with Crippen LogP contribution in [0.4, 0.5) is 0 Å². The average molecular weight is 474 g/mol. The van der Waals surface area contributed by atoms with E-state index in [9.17, 15) is 9.59 Å². The Morgan fingerprint density at radius 1 is 0.765 bits per heavy atom. The average Bonchev–Trinajstić information content (AvgIpc) is 2.81. The van der Waals surface area contributed by atoms with Crippen molar-refractivity contribution in [1.82, 2.24) is 5.32 Å². The molecule has 0 fully saturated rings. The van der Waals surface area contributed by atoms with Gasteiger partial charge in [-0.2, -0.15) is 0 Å². The number of unbranched alkanes of at least 4 members (excludes halogenated alkanes) is 13. The minimum Gasteiger partial charge on any atom is -0.464 e. The van der Waals surface area contributed by atoms with E-state index in [1.807, 2.05) is 32.9 Å². The zero-order valence-corrected chi connectivity index (χ0v) is 22.5. The van der Waals surface area contributed by atoms with E-state index in [0.29, 0.717) is 18.6 Å². The molecular formula is C30H51NO3. The summed E-state index contributed by atoms with van der Waals surface area (Å²) < 4.78 is 5.51. The quantitative estimate of drug-likeness (QED) is 0.153. The number of hydrogen-bond donors (Lipinski definition) is 1. The summed E-state index contributed by atoms with van der Waals surface area (Å²) in [5, 5.41) is 2.87. The van der Waals surface area contributed by atoms with Crippen molar-refractivity contribution < 1.29 is 14.3 Å². The molecule has 0 aliphatic carbocycles. The number of carbonyl (C=O) groups excluding carboxylic acids is 2. The fourth-order valence-electron chi connectivity index (χ4n) is 4.20.